The van der Waals surface area contributed by atoms with Gasteiger partial charge in [-0.05, 0) is 14.1 Å². The number of hydrogen-bond donors (Lipinski definition) is 0. The lowest BCUT2D eigenvalue weighted by Gasteiger charge is -2.28. The minimum atomic E-state index is 0.179. The second-order valence-electron chi connectivity index (χ2n) is 4.84. The van der Waals surface area contributed by atoms with Crippen LogP contribution in [-0.4, -0.2) is 36.7 Å². The number of pyridine rings is 1. The van der Waals surface area contributed by atoms with Crippen LogP contribution in [0, 0.1) is 0 Å². The van der Waals surface area contributed by atoms with Crippen molar-refractivity contribution in [3.05, 3.63) is 30.4 Å². The molecule has 0 aromatic carbocycles. The number of hydrogen-bond acceptors (Lipinski definition) is 2. The van der Waals surface area contributed by atoms with E-state index >= 15 is 0 Å². The Morgan fingerprint density at radius 2 is 2.41 bits per heavy atom. The fraction of sp³-hybridized carbons (Fsp3) is 0.462. The molecule has 0 bridgehead atoms. The molecule has 90 valence electrons. The molecule has 17 heavy (non-hydrogen) atoms. The van der Waals surface area contributed by atoms with Crippen LogP contribution in [0.25, 0.3) is 10.8 Å². The molecule has 1 atom stereocenters. The van der Waals surface area contributed by atoms with Crippen molar-refractivity contribution in [3.63, 3.8) is 0 Å². The van der Waals surface area contributed by atoms with Gasteiger partial charge >= 0.3 is 0 Å². The van der Waals surface area contributed by atoms with Crippen LogP contribution >= 0.6 is 0 Å². The highest BCUT2D eigenvalue weighted by molar-refractivity contribution is 5.84. The Balaban J connectivity index is 2.10. The summed E-state index contributed by atoms with van der Waals surface area (Å²) < 4.78 is 8.24. The van der Waals surface area contributed by atoms with Crippen molar-refractivity contribution in [3.8, 4) is 0 Å². The number of nitrogens with zero attached hydrogens (tertiary/aromatic N) is 2. The number of nitrogens with one attached hydrogen (secondary N) is 1. The first-order valence-corrected chi connectivity index (χ1v) is 6.01. The first-order chi connectivity index (χ1) is 8.25. The number of fused-ring (bicyclic) bond motifs is 3. The predicted octanol–water partition coefficient (Wildman–Crippen LogP) is 1.09. The third-order valence-corrected chi connectivity index (χ3v) is 3.26. The zero-order valence-electron chi connectivity index (χ0n) is 10.3. The van der Waals surface area contributed by atoms with E-state index in [0.717, 1.165) is 19.7 Å². The highest BCUT2D eigenvalue weighted by Crippen LogP contribution is 2.30. The molecule has 0 saturated heterocycles. The monoisotopic (exact) mass is 232 g/mol. The molecule has 0 fully saturated rings. The molecule has 2 aromatic heterocycles. The average molecular weight is 232 g/mol. The SMILES string of the molecule is CN(C)CC1OCCn2cc3c[nH+]ccc3c21. The quantitative estimate of drug-likeness (QED) is 0.776. The van der Waals surface area contributed by atoms with Gasteiger partial charge in [0.05, 0.1) is 17.7 Å². The van der Waals surface area contributed by atoms with Gasteiger partial charge in [-0.1, -0.05) is 0 Å². The van der Waals surface area contributed by atoms with E-state index in [4.69, 9.17) is 4.74 Å². The van der Waals surface area contributed by atoms with Gasteiger partial charge in [-0.15, -0.1) is 0 Å². The molecule has 1 N–H and O–H groups in total. The zero-order valence-corrected chi connectivity index (χ0v) is 10.3. The standard InChI is InChI=1S/C13H17N3O/c1-15(2)9-12-13-11-3-4-14-7-10(11)8-16(13)5-6-17-12/h3-4,7-8,12H,5-6,9H2,1-2H3/p+1. The predicted molar refractivity (Wildman–Crippen MR) is 65.7 cm³/mol. The molecule has 0 radical (unpaired) electrons. The van der Waals surface area contributed by atoms with Gasteiger partial charge in [0.2, 0.25) is 0 Å². The van der Waals surface area contributed by atoms with E-state index in [2.05, 4.69) is 40.8 Å². The van der Waals surface area contributed by atoms with Crippen molar-refractivity contribution in [1.82, 2.24) is 9.47 Å². The summed E-state index contributed by atoms with van der Waals surface area (Å²) in [6, 6.07) is 2.14. The number of aromatic amines is 1. The van der Waals surface area contributed by atoms with Crippen LogP contribution in [0.1, 0.15) is 11.8 Å². The van der Waals surface area contributed by atoms with Crippen molar-refractivity contribution in [2.45, 2.75) is 12.6 Å². The third kappa shape index (κ3) is 1.83. The Labute approximate surface area is 101 Å². The normalized spacial score (nSPS) is 19.8. The van der Waals surface area contributed by atoms with E-state index in [1.54, 1.807) is 0 Å². The molecule has 0 amide bonds. The van der Waals surface area contributed by atoms with Crippen LogP contribution < -0.4 is 4.98 Å². The molecular formula is C13H18N3O+. The number of likely N-dealkylation sites (N-methyl/N-ethyl adjacent to an activating group) is 1. The summed E-state index contributed by atoms with van der Waals surface area (Å²) in [6.07, 6.45) is 6.42. The van der Waals surface area contributed by atoms with Crippen molar-refractivity contribution in [2.75, 3.05) is 27.2 Å². The lowest BCUT2D eigenvalue weighted by molar-refractivity contribution is -0.375. The summed E-state index contributed by atoms with van der Waals surface area (Å²) in [5, 5.41) is 2.56. The van der Waals surface area contributed by atoms with Crippen LogP contribution in [0.5, 0.6) is 0 Å². The molecule has 1 aliphatic heterocycles. The maximum absolute atomic E-state index is 5.91. The smallest absolute Gasteiger partial charge is 0.176 e. The third-order valence-electron chi connectivity index (χ3n) is 3.26. The molecular weight excluding hydrogens is 214 g/mol. The van der Waals surface area contributed by atoms with Crippen molar-refractivity contribution >= 4 is 10.8 Å². The maximum atomic E-state index is 5.91. The van der Waals surface area contributed by atoms with E-state index in [0.29, 0.717) is 0 Å². The van der Waals surface area contributed by atoms with Gasteiger partial charge < -0.3 is 14.2 Å². The first kappa shape index (κ1) is 10.7. The molecule has 0 saturated carbocycles. The van der Waals surface area contributed by atoms with Gasteiger partial charge in [0.25, 0.3) is 0 Å². The van der Waals surface area contributed by atoms with Crippen LogP contribution in [-0.2, 0) is 11.3 Å². The molecule has 3 rings (SSSR count). The van der Waals surface area contributed by atoms with E-state index in [1.807, 2.05) is 12.4 Å². The lowest BCUT2D eigenvalue weighted by atomic mass is 10.1. The van der Waals surface area contributed by atoms with Gasteiger partial charge in [0.1, 0.15) is 6.10 Å². The van der Waals surface area contributed by atoms with Crippen LogP contribution in [0.3, 0.4) is 0 Å². The minimum absolute atomic E-state index is 0.179. The zero-order chi connectivity index (χ0) is 11.8. The Bertz CT molecular complexity index is 532. The molecule has 4 nitrogen and oxygen atoms in total. The summed E-state index contributed by atoms with van der Waals surface area (Å²) in [7, 11) is 4.17. The highest BCUT2D eigenvalue weighted by Gasteiger charge is 2.25. The van der Waals surface area contributed by atoms with Crippen molar-refractivity contribution < 1.29 is 9.72 Å². The van der Waals surface area contributed by atoms with Crippen LogP contribution in [0.15, 0.2) is 24.7 Å². The van der Waals surface area contributed by atoms with E-state index in [-0.39, 0.29) is 6.10 Å². The molecule has 3 heterocycles. The fourth-order valence-electron chi connectivity index (χ4n) is 2.56. The second-order valence-corrected chi connectivity index (χ2v) is 4.84. The van der Waals surface area contributed by atoms with Crippen molar-refractivity contribution in [2.24, 2.45) is 0 Å². The van der Waals surface area contributed by atoms with E-state index < -0.39 is 0 Å². The Hall–Kier alpha value is -1.39. The fourth-order valence-corrected chi connectivity index (χ4v) is 2.56. The first-order valence-electron chi connectivity index (χ1n) is 6.01. The Kier molecular flexibility index (Phi) is 2.61. The summed E-state index contributed by atoms with van der Waals surface area (Å²) in [5.41, 5.74) is 1.31. The highest BCUT2D eigenvalue weighted by atomic mass is 16.5. The van der Waals surface area contributed by atoms with Crippen molar-refractivity contribution in [1.29, 1.82) is 0 Å². The molecule has 2 aromatic rings. The van der Waals surface area contributed by atoms with Gasteiger partial charge in [-0.2, -0.15) is 0 Å². The summed E-state index contributed by atoms with van der Waals surface area (Å²) in [6.45, 7) is 2.68. The van der Waals surface area contributed by atoms with Gasteiger partial charge in [-0.3, -0.25) is 0 Å². The summed E-state index contributed by atoms with van der Waals surface area (Å²) >= 11 is 0. The second kappa shape index (κ2) is 4.13. The van der Waals surface area contributed by atoms with Gasteiger partial charge in [-0.25, -0.2) is 4.98 Å². The molecule has 1 unspecified atom stereocenters. The number of aromatic nitrogens is 2. The molecule has 0 aliphatic carbocycles. The number of rotatable bonds is 2. The average Bonchev–Trinajstić information content (AvgIpc) is 2.67. The van der Waals surface area contributed by atoms with E-state index in [9.17, 15) is 0 Å². The molecule has 0 spiro atoms. The lowest BCUT2D eigenvalue weighted by Crippen LogP contribution is -2.29. The van der Waals surface area contributed by atoms with Gasteiger partial charge in [0.15, 0.2) is 12.4 Å². The Morgan fingerprint density at radius 1 is 1.53 bits per heavy atom. The van der Waals surface area contributed by atoms with Gasteiger partial charge in [0, 0.05) is 30.7 Å². The largest absolute Gasteiger partial charge is 0.369 e. The van der Waals surface area contributed by atoms with E-state index in [1.165, 1.54) is 16.5 Å². The van der Waals surface area contributed by atoms with Crippen LogP contribution in [0.2, 0.25) is 0 Å². The van der Waals surface area contributed by atoms with Crippen LogP contribution in [0.4, 0.5) is 0 Å². The summed E-state index contributed by atoms with van der Waals surface area (Å²) in [4.78, 5) is 5.31. The Morgan fingerprint density at radius 3 is 3.24 bits per heavy atom. The number of H-pyrrole nitrogens is 1. The topological polar surface area (TPSA) is 31.5 Å². The molecule has 4 heteroatoms. The maximum Gasteiger partial charge on any atom is 0.176 e. The number of ether oxygens (including phenoxy) is 1. The molecule has 1 aliphatic rings. The summed E-state index contributed by atoms with van der Waals surface area (Å²) in [5.74, 6) is 0. The minimum Gasteiger partial charge on any atom is -0.369 e.